The molecule has 23 heavy (non-hydrogen) atoms. The molecule has 0 aliphatic heterocycles. The number of hydrogen-bond donors (Lipinski definition) is 1. The standard InChI is InChI=1S/C17H17ClFIN2O/c1-22(16-6-3-2-5-14(16)19)10-4-9-21-17(23)13-8-7-12(18)11-15(13)20/h2-3,5-8,11H,4,9-10H2,1H3,(H,21,23). The maximum atomic E-state index is 13.7. The van der Waals surface area contributed by atoms with Gasteiger partial charge in [-0.1, -0.05) is 23.7 Å². The highest BCUT2D eigenvalue weighted by Gasteiger charge is 2.10. The lowest BCUT2D eigenvalue weighted by atomic mass is 10.2. The minimum Gasteiger partial charge on any atom is -0.372 e. The van der Waals surface area contributed by atoms with Gasteiger partial charge in [-0.25, -0.2) is 4.39 Å². The second-order valence-electron chi connectivity index (χ2n) is 5.11. The molecule has 122 valence electrons. The van der Waals surface area contributed by atoms with Crippen molar-refractivity contribution in [1.82, 2.24) is 5.32 Å². The summed E-state index contributed by atoms with van der Waals surface area (Å²) in [5.41, 5.74) is 1.17. The molecule has 1 N–H and O–H groups in total. The highest BCUT2D eigenvalue weighted by molar-refractivity contribution is 14.1. The lowest BCUT2D eigenvalue weighted by Crippen LogP contribution is -2.28. The van der Waals surface area contributed by atoms with Gasteiger partial charge >= 0.3 is 0 Å². The van der Waals surface area contributed by atoms with Gasteiger partial charge in [-0.3, -0.25) is 4.79 Å². The Balaban J connectivity index is 1.81. The van der Waals surface area contributed by atoms with Crippen molar-refractivity contribution in [3.8, 4) is 0 Å². The number of halogens is 3. The molecule has 0 aromatic heterocycles. The van der Waals surface area contributed by atoms with E-state index in [1.807, 2.05) is 11.9 Å². The molecule has 0 atom stereocenters. The van der Waals surface area contributed by atoms with Crippen molar-refractivity contribution in [3.63, 3.8) is 0 Å². The maximum absolute atomic E-state index is 13.7. The molecule has 3 nitrogen and oxygen atoms in total. The second-order valence-corrected chi connectivity index (χ2v) is 6.71. The van der Waals surface area contributed by atoms with Crippen LogP contribution in [0.5, 0.6) is 0 Å². The molecule has 0 spiro atoms. The molecule has 0 unspecified atom stereocenters. The molecular weight excluding hydrogens is 430 g/mol. The van der Waals surface area contributed by atoms with E-state index in [2.05, 4.69) is 27.9 Å². The Hall–Kier alpha value is -1.34. The summed E-state index contributed by atoms with van der Waals surface area (Å²) < 4.78 is 14.5. The van der Waals surface area contributed by atoms with Crippen molar-refractivity contribution in [1.29, 1.82) is 0 Å². The second kappa shape index (κ2) is 8.49. The average Bonchev–Trinajstić information content (AvgIpc) is 2.51. The largest absolute Gasteiger partial charge is 0.372 e. The number of carbonyl (C=O) groups is 1. The van der Waals surface area contributed by atoms with Gasteiger partial charge in [-0.2, -0.15) is 0 Å². The van der Waals surface area contributed by atoms with Gasteiger partial charge < -0.3 is 10.2 Å². The van der Waals surface area contributed by atoms with Gasteiger partial charge in [0.1, 0.15) is 5.82 Å². The highest BCUT2D eigenvalue weighted by Crippen LogP contribution is 2.18. The Labute approximate surface area is 154 Å². The van der Waals surface area contributed by atoms with Gasteiger partial charge in [0.15, 0.2) is 0 Å². The third-order valence-corrected chi connectivity index (χ3v) is 4.52. The van der Waals surface area contributed by atoms with Crippen molar-refractivity contribution in [3.05, 3.63) is 62.4 Å². The van der Waals surface area contributed by atoms with Crippen LogP contribution >= 0.6 is 34.2 Å². The number of anilines is 1. The Kier molecular flexibility index (Phi) is 6.65. The van der Waals surface area contributed by atoms with Gasteiger partial charge in [-0.05, 0) is 59.3 Å². The molecular formula is C17H17ClFIN2O. The number of hydrogen-bond acceptors (Lipinski definition) is 2. The minimum atomic E-state index is -0.241. The molecule has 1 amide bonds. The van der Waals surface area contributed by atoms with Crippen LogP contribution in [-0.4, -0.2) is 26.0 Å². The summed E-state index contributed by atoms with van der Waals surface area (Å²) in [5, 5.41) is 3.48. The summed E-state index contributed by atoms with van der Waals surface area (Å²) in [4.78, 5) is 14.0. The SMILES string of the molecule is CN(CCCNC(=O)c1ccc(Cl)cc1I)c1ccccc1F. The van der Waals surface area contributed by atoms with Crippen molar-refractivity contribution >= 4 is 45.8 Å². The zero-order valence-corrected chi connectivity index (χ0v) is 15.6. The zero-order chi connectivity index (χ0) is 16.8. The number of para-hydroxylation sites is 1. The number of nitrogens with one attached hydrogen (secondary N) is 1. The van der Waals surface area contributed by atoms with Crippen LogP contribution < -0.4 is 10.2 Å². The summed E-state index contributed by atoms with van der Waals surface area (Å²) >= 11 is 7.97. The Bertz CT molecular complexity index is 696. The summed E-state index contributed by atoms with van der Waals surface area (Å²) in [6.07, 6.45) is 0.723. The fourth-order valence-corrected chi connectivity index (χ4v) is 3.29. The molecule has 2 aromatic rings. The third-order valence-electron chi connectivity index (χ3n) is 3.40. The van der Waals surface area contributed by atoms with E-state index < -0.39 is 0 Å². The van der Waals surface area contributed by atoms with Gasteiger partial charge in [0.25, 0.3) is 5.91 Å². The average molecular weight is 447 g/mol. The highest BCUT2D eigenvalue weighted by atomic mass is 127. The molecule has 0 bridgehead atoms. The lowest BCUT2D eigenvalue weighted by Gasteiger charge is -2.19. The zero-order valence-electron chi connectivity index (χ0n) is 12.7. The normalized spacial score (nSPS) is 10.4. The van der Waals surface area contributed by atoms with Crippen molar-refractivity contribution in [2.24, 2.45) is 0 Å². The molecule has 0 fully saturated rings. The van der Waals surface area contributed by atoms with Crippen LogP contribution in [0, 0.1) is 9.39 Å². The van der Waals surface area contributed by atoms with Crippen molar-refractivity contribution < 1.29 is 9.18 Å². The van der Waals surface area contributed by atoms with Gasteiger partial charge in [0.05, 0.1) is 11.3 Å². The van der Waals surface area contributed by atoms with E-state index >= 15 is 0 Å². The topological polar surface area (TPSA) is 32.3 Å². The van der Waals surface area contributed by atoms with E-state index in [1.54, 1.807) is 36.4 Å². The van der Waals surface area contributed by atoms with Crippen LogP contribution in [0.2, 0.25) is 5.02 Å². The van der Waals surface area contributed by atoms with E-state index in [0.717, 1.165) is 9.99 Å². The summed E-state index contributed by atoms with van der Waals surface area (Å²) in [5.74, 6) is -0.366. The van der Waals surface area contributed by atoms with Crippen LogP contribution in [-0.2, 0) is 0 Å². The van der Waals surface area contributed by atoms with Gasteiger partial charge in [0, 0.05) is 28.7 Å². The Morgan fingerprint density at radius 3 is 2.74 bits per heavy atom. The minimum absolute atomic E-state index is 0.125. The summed E-state index contributed by atoms with van der Waals surface area (Å²) in [7, 11) is 1.84. The number of amides is 1. The molecule has 0 saturated carbocycles. The predicted molar refractivity (Wildman–Crippen MR) is 101 cm³/mol. The molecule has 2 aromatic carbocycles. The molecule has 0 heterocycles. The molecule has 0 aliphatic carbocycles. The van der Waals surface area contributed by atoms with Crippen molar-refractivity contribution in [2.75, 3.05) is 25.0 Å². The van der Waals surface area contributed by atoms with Gasteiger partial charge in [0.2, 0.25) is 0 Å². The lowest BCUT2D eigenvalue weighted by molar-refractivity contribution is 0.0952. The van der Waals surface area contributed by atoms with Crippen molar-refractivity contribution in [2.45, 2.75) is 6.42 Å². The fourth-order valence-electron chi connectivity index (χ4n) is 2.17. The molecule has 0 radical (unpaired) electrons. The summed E-state index contributed by atoms with van der Waals surface area (Å²) in [6.45, 7) is 1.18. The van der Waals surface area contributed by atoms with Crippen LogP contribution in [0.25, 0.3) is 0 Å². The van der Waals surface area contributed by atoms with E-state index in [-0.39, 0.29) is 11.7 Å². The number of benzene rings is 2. The van der Waals surface area contributed by atoms with E-state index in [0.29, 0.717) is 29.4 Å². The first kappa shape index (κ1) is 18.0. The number of carbonyl (C=O) groups excluding carboxylic acids is 1. The molecule has 0 saturated heterocycles. The first-order valence-corrected chi connectivity index (χ1v) is 8.63. The Morgan fingerprint density at radius 2 is 2.04 bits per heavy atom. The van der Waals surface area contributed by atoms with E-state index in [1.165, 1.54) is 6.07 Å². The maximum Gasteiger partial charge on any atom is 0.252 e. The Morgan fingerprint density at radius 1 is 1.30 bits per heavy atom. The molecule has 6 heteroatoms. The quantitative estimate of drug-likeness (QED) is 0.529. The first-order chi connectivity index (χ1) is 11.0. The van der Waals surface area contributed by atoms with Crippen LogP contribution in [0.4, 0.5) is 10.1 Å². The summed E-state index contributed by atoms with van der Waals surface area (Å²) in [6, 6.07) is 11.8. The third kappa shape index (κ3) is 5.07. The smallest absolute Gasteiger partial charge is 0.252 e. The van der Waals surface area contributed by atoms with Crippen LogP contribution in [0.3, 0.4) is 0 Å². The van der Waals surface area contributed by atoms with Gasteiger partial charge in [-0.15, -0.1) is 0 Å². The molecule has 2 rings (SSSR count). The number of nitrogens with zero attached hydrogens (tertiary/aromatic N) is 1. The monoisotopic (exact) mass is 446 g/mol. The molecule has 0 aliphatic rings. The first-order valence-electron chi connectivity index (χ1n) is 7.18. The van der Waals surface area contributed by atoms with Crippen LogP contribution in [0.1, 0.15) is 16.8 Å². The predicted octanol–water partition coefficient (Wildman–Crippen LogP) is 4.34. The van der Waals surface area contributed by atoms with Crippen LogP contribution in [0.15, 0.2) is 42.5 Å². The van der Waals surface area contributed by atoms with E-state index in [4.69, 9.17) is 11.6 Å². The number of rotatable bonds is 6. The fraction of sp³-hybridized carbons (Fsp3) is 0.235. The van der Waals surface area contributed by atoms with E-state index in [9.17, 15) is 9.18 Å².